The fraction of sp³-hybridized carbons (Fsp3) is 0.417. The molecule has 74 valence electrons. The van der Waals surface area contributed by atoms with Gasteiger partial charge < -0.3 is 4.74 Å². The SMILES string of the molecule is O=C1CCCC[C@H](c2ccccc2)O1. The second-order valence-electron chi connectivity index (χ2n) is 3.63. The molecule has 1 atom stereocenters. The van der Waals surface area contributed by atoms with Crippen LogP contribution in [0, 0.1) is 0 Å². The Morgan fingerprint density at radius 3 is 2.71 bits per heavy atom. The van der Waals surface area contributed by atoms with Crippen LogP contribution in [0.1, 0.15) is 37.4 Å². The van der Waals surface area contributed by atoms with Crippen molar-refractivity contribution in [3.8, 4) is 0 Å². The van der Waals surface area contributed by atoms with E-state index in [1.54, 1.807) is 0 Å². The van der Waals surface area contributed by atoms with Crippen molar-refractivity contribution in [2.24, 2.45) is 0 Å². The van der Waals surface area contributed by atoms with Crippen LogP contribution in [0.2, 0.25) is 0 Å². The molecular weight excluding hydrogens is 176 g/mol. The average Bonchev–Trinajstić information content (AvgIpc) is 2.44. The van der Waals surface area contributed by atoms with Gasteiger partial charge in [0, 0.05) is 6.42 Å². The molecule has 2 rings (SSSR count). The molecule has 0 bridgehead atoms. The highest BCUT2D eigenvalue weighted by Crippen LogP contribution is 2.27. The molecule has 1 saturated heterocycles. The van der Waals surface area contributed by atoms with Crippen molar-refractivity contribution in [1.29, 1.82) is 0 Å². The Morgan fingerprint density at radius 2 is 1.93 bits per heavy atom. The molecule has 1 aliphatic heterocycles. The van der Waals surface area contributed by atoms with E-state index in [1.807, 2.05) is 30.3 Å². The first-order valence-electron chi connectivity index (χ1n) is 5.11. The van der Waals surface area contributed by atoms with Crippen LogP contribution in [0.3, 0.4) is 0 Å². The summed E-state index contributed by atoms with van der Waals surface area (Å²) in [6.07, 6.45) is 3.54. The summed E-state index contributed by atoms with van der Waals surface area (Å²) in [6.45, 7) is 0. The molecular formula is C12H14O2. The van der Waals surface area contributed by atoms with E-state index in [2.05, 4.69) is 0 Å². The van der Waals surface area contributed by atoms with E-state index in [4.69, 9.17) is 4.74 Å². The summed E-state index contributed by atoms with van der Waals surface area (Å²) < 4.78 is 5.36. The number of ether oxygens (including phenoxy) is 1. The molecule has 1 aromatic carbocycles. The molecule has 1 heterocycles. The molecule has 2 heteroatoms. The van der Waals surface area contributed by atoms with Crippen molar-refractivity contribution < 1.29 is 9.53 Å². The Hall–Kier alpha value is -1.31. The molecule has 0 radical (unpaired) electrons. The summed E-state index contributed by atoms with van der Waals surface area (Å²) in [5.74, 6) is -0.0589. The van der Waals surface area contributed by atoms with E-state index in [1.165, 1.54) is 0 Å². The fourth-order valence-corrected chi connectivity index (χ4v) is 1.78. The maximum atomic E-state index is 11.2. The smallest absolute Gasteiger partial charge is 0.306 e. The van der Waals surface area contributed by atoms with Crippen LogP contribution in [0.25, 0.3) is 0 Å². The first-order valence-corrected chi connectivity index (χ1v) is 5.11. The van der Waals surface area contributed by atoms with Crippen molar-refractivity contribution >= 4 is 5.97 Å². The molecule has 0 aromatic heterocycles. The van der Waals surface area contributed by atoms with Gasteiger partial charge in [0.25, 0.3) is 0 Å². The van der Waals surface area contributed by atoms with Crippen LogP contribution in [-0.4, -0.2) is 5.97 Å². The quantitative estimate of drug-likeness (QED) is 0.636. The van der Waals surface area contributed by atoms with Crippen molar-refractivity contribution in [3.63, 3.8) is 0 Å². The topological polar surface area (TPSA) is 26.3 Å². The van der Waals surface area contributed by atoms with Gasteiger partial charge in [-0.25, -0.2) is 0 Å². The minimum absolute atomic E-state index is 0.0220. The first-order chi connectivity index (χ1) is 6.86. The zero-order valence-corrected chi connectivity index (χ0v) is 8.11. The van der Waals surface area contributed by atoms with E-state index in [9.17, 15) is 4.79 Å². The Labute approximate surface area is 83.9 Å². The van der Waals surface area contributed by atoms with Crippen LogP contribution in [0.4, 0.5) is 0 Å². The molecule has 0 aliphatic carbocycles. The van der Waals surface area contributed by atoms with Gasteiger partial charge in [-0.05, 0) is 24.8 Å². The van der Waals surface area contributed by atoms with Gasteiger partial charge in [0.1, 0.15) is 6.10 Å². The summed E-state index contributed by atoms with van der Waals surface area (Å²) in [4.78, 5) is 11.2. The Bertz CT molecular complexity index is 305. The zero-order valence-electron chi connectivity index (χ0n) is 8.11. The number of benzene rings is 1. The molecule has 0 N–H and O–H groups in total. The van der Waals surface area contributed by atoms with Gasteiger partial charge in [-0.15, -0.1) is 0 Å². The van der Waals surface area contributed by atoms with Crippen LogP contribution in [-0.2, 0) is 9.53 Å². The predicted octanol–water partition coefficient (Wildman–Crippen LogP) is 2.84. The number of carbonyl (C=O) groups is 1. The van der Waals surface area contributed by atoms with Crippen LogP contribution in [0.5, 0.6) is 0 Å². The van der Waals surface area contributed by atoms with E-state index in [-0.39, 0.29) is 12.1 Å². The van der Waals surface area contributed by atoms with Crippen molar-refractivity contribution in [3.05, 3.63) is 35.9 Å². The third-order valence-electron chi connectivity index (χ3n) is 2.54. The lowest BCUT2D eigenvalue weighted by atomic mass is 10.0. The van der Waals surface area contributed by atoms with Gasteiger partial charge in [0.2, 0.25) is 0 Å². The maximum absolute atomic E-state index is 11.2. The lowest BCUT2D eigenvalue weighted by Gasteiger charge is -2.14. The molecule has 14 heavy (non-hydrogen) atoms. The second-order valence-corrected chi connectivity index (χ2v) is 3.63. The van der Waals surface area contributed by atoms with Crippen LogP contribution >= 0.6 is 0 Å². The second kappa shape index (κ2) is 4.27. The minimum atomic E-state index is -0.0589. The lowest BCUT2D eigenvalue weighted by Crippen LogP contribution is -2.07. The van der Waals surface area contributed by atoms with Crippen LogP contribution < -0.4 is 0 Å². The lowest BCUT2D eigenvalue weighted by molar-refractivity contribution is -0.148. The summed E-state index contributed by atoms with van der Waals surface area (Å²) in [5.41, 5.74) is 1.11. The van der Waals surface area contributed by atoms with Gasteiger partial charge in [0.15, 0.2) is 0 Å². The summed E-state index contributed by atoms with van der Waals surface area (Å²) in [7, 11) is 0. The minimum Gasteiger partial charge on any atom is -0.457 e. The van der Waals surface area contributed by atoms with Gasteiger partial charge in [0.05, 0.1) is 0 Å². The van der Waals surface area contributed by atoms with E-state index >= 15 is 0 Å². The van der Waals surface area contributed by atoms with Gasteiger partial charge >= 0.3 is 5.97 Å². The van der Waals surface area contributed by atoms with Gasteiger partial charge in [-0.1, -0.05) is 30.3 Å². The summed E-state index contributed by atoms with van der Waals surface area (Å²) >= 11 is 0. The highest BCUT2D eigenvalue weighted by Gasteiger charge is 2.19. The van der Waals surface area contributed by atoms with E-state index < -0.39 is 0 Å². The molecule has 2 nitrogen and oxygen atoms in total. The Morgan fingerprint density at radius 1 is 1.14 bits per heavy atom. The van der Waals surface area contributed by atoms with Crippen LogP contribution in [0.15, 0.2) is 30.3 Å². The molecule has 1 aliphatic rings. The predicted molar refractivity (Wildman–Crippen MR) is 53.7 cm³/mol. The number of carbonyl (C=O) groups excluding carboxylic acids is 1. The van der Waals surface area contributed by atoms with Gasteiger partial charge in [-0.2, -0.15) is 0 Å². The van der Waals surface area contributed by atoms with E-state index in [0.29, 0.717) is 6.42 Å². The summed E-state index contributed by atoms with van der Waals surface area (Å²) in [6, 6.07) is 9.97. The highest BCUT2D eigenvalue weighted by atomic mass is 16.5. The molecule has 1 fully saturated rings. The molecule has 0 amide bonds. The highest BCUT2D eigenvalue weighted by molar-refractivity contribution is 5.69. The van der Waals surface area contributed by atoms with Crippen molar-refractivity contribution in [2.45, 2.75) is 31.8 Å². The molecule has 0 unspecified atom stereocenters. The van der Waals surface area contributed by atoms with E-state index in [0.717, 1.165) is 24.8 Å². The number of hydrogen-bond donors (Lipinski definition) is 0. The maximum Gasteiger partial charge on any atom is 0.306 e. The normalized spacial score (nSPS) is 22.6. The molecule has 0 spiro atoms. The fourth-order valence-electron chi connectivity index (χ4n) is 1.78. The number of rotatable bonds is 1. The monoisotopic (exact) mass is 190 g/mol. The standard InChI is InChI=1S/C12H14O2/c13-12-9-5-4-8-11(14-12)10-6-2-1-3-7-10/h1-3,6-7,11H,4-5,8-9H2/t11-/m1/s1. The third kappa shape index (κ3) is 2.13. The Balaban J connectivity index is 2.13. The average molecular weight is 190 g/mol. The number of hydrogen-bond acceptors (Lipinski definition) is 2. The number of cyclic esters (lactones) is 1. The third-order valence-corrected chi connectivity index (χ3v) is 2.54. The summed E-state index contributed by atoms with van der Waals surface area (Å²) in [5, 5.41) is 0. The van der Waals surface area contributed by atoms with Gasteiger partial charge in [-0.3, -0.25) is 4.79 Å². The zero-order chi connectivity index (χ0) is 9.80. The largest absolute Gasteiger partial charge is 0.457 e. The van der Waals surface area contributed by atoms with Crippen molar-refractivity contribution in [2.75, 3.05) is 0 Å². The number of esters is 1. The molecule has 1 aromatic rings. The molecule has 0 saturated carbocycles. The first kappa shape index (κ1) is 9.25. The van der Waals surface area contributed by atoms with Crippen molar-refractivity contribution in [1.82, 2.24) is 0 Å². The Kier molecular flexibility index (Phi) is 2.82.